The summed E-state index contributed by atoms with van der Waals surface area (Å²) in [5.74, 6) is -0.628. The van der Waals surface area contributed by atoms with Gasteiger partial charge in [0.2, 0.25) is 0 Å². The third-order valence-corrected chi connectivity index (χ3v) is 2.75. The molecule has 1 nitrogen and oxygen atoms in total. The van der Waals surface area contributed by atoms with Crippen LogP contribution >= 0.6 is 12.4 Å². The first-order valence-electron chi connectivity index (χ1n) is 5.08. The lowest BCUT2D eigenvalue weighted by Crippen LogP contribution is -2.18. The zero-order chi connectivity index (χ0) is 11.8. The summed E-state index contributed by atoms with van der Waals surface area (Å²) < 4.78 is 51.0. The van der Waals surface area contributed by atoms with E-state index < -0.39 is 17.6 Å². The molecule has 96 valence electrons. The summed E-state index contributed by atoms with van der Waals surface area (Å²) in [6, 6.07) is 2.25. The summed E-state index contributed by atoms with van der Waals surface area (Å²) in [7, 11) is 0. The zero-order valence-electron chi connectivity index (χ0n) is 8.85. The summed E-state index contributed by atoms with van der Waals surface area (Å²) in [4.78, 5) is 0. The lowest BCUT2D eigenvalue weighted by atomic mass is 9.98. The minimum absolute atomic E-state index is 0. The Hall–Kier alpha value is -0.810. The second-order valence-corrected chi connectivity index (χ2v) is 3.88. The largest absolute Gasteiger partial charge is 0.416 e. The fourth-order valence-corrected chi connectivity index (χ4v) is 2.03. The van der Waals surface area contributed by atoms with Crippen LogP contribution in [-0.2, 0) is 6.18 Å². The maximum atomic E-state index is 13.0. The molecule has 1 N–H and O–H groups in total. The van der Waals surface area contributed by atoms with Crippen molar-refractivity contribution in [2.75, 3.05) is 6.54 Å². The highest BCUT2D eigenvalue weighted by molar-refractivity contribution is 5.85. The smallest absolute Gasteiger partial charge is 0.310 e. The van der Waals surface area contributed by atoms with E-state index in [1.165, 1.54) is 0 Å². The maximum Gasteiger partial charge on any atom is 0.416 e. The van der Waals surface area contributed by atoms with Crippen molar-refractivity contribution >= 4 is 12.4 Å². The van der Waals surface area contributed by atoms with Gasteiger partial charge in [0, 0.05) is 6.04 Å². The van der Waals surface area contributed by atoms with E-state index in [0.29, 0.717) is 13.0 Å². The fraction of sp³-hybridized carbons (Fsp3) is 0.455. The summed E-state index contributed by atoms with van der Waals surface area (Å²) in [5, 5.41) is 2.95. The highest BCUT2D eigenvalue weighted by Gasteiger charge is 2.35. The first-order valence-corrected chi connectivity index (χ1v) is 5.08. The summed E-state index contributed by atoms with van der Waals surface area (Å²) in [6.45, 7) is 0.679. The van der Waals surface area contributed by atoms with Crippen molar-refractivity contribution in [3.05, 3.63) is 35.1 Å². The molecule has 0 saturated carbocycles. The Morgan fingerprint density at radius 1 is 1.24 bits per heavy atom. The highest BCUT2D eigenvalue weighted by Crippen LogP contribution is 2.37. The SMILES string of the molecule is Cl.Fc1ccc(C(F)(F)F)c([C@@H]2CCCN2)c1. The van der Waals surface area contributed by atoms with Crippen LogP contribution in [0, 0.1) is 5.82 Å². The molecule has 1 aliphatic rings. The normalized spacial score (nSPS) is 20.1. The third kappa shape index (κ3) is 3.10. The number of benzene rings is 1. The molecule has 0 aromatic heterocycles. The lowest BCUT2D eigenvalue weighted by molar-refractivity contribution is -0.138. The highest BCUT2D eigenvalue weighted by atomic mass is 35.5. The van der Waals surface area contributed by atoms with Gasteiger partial charge in [-0.1, -0.05) is 0 Å². The van der Waals surface area contributed by atoms with Crippen molar-refractivity contribution in [2.24, 2.45) is 0 Å². The van der Waals surface area contributed by atoms with Gasteiger partial charge in [0.15, 0.2) is 0 Å². The van der Waals surface area contributed by atoms with Gasteiger partial charge in [0.1, 0.15) is 5.82 Å². The summed E-state index contributed by atoms with van der Waals surface area (Å²) in [6.07, 6.45) is -2.99. The zero-order valence-corrected chi connectivity index (χ0v) is 9.67. The molecule has 1 aliphatic heterocycles. The van der Waals surface area contributed by atoms with Crippen LogP contribution in [0.3, 0.4) is 0 Å². The van der Waals surface area contributed by atoms with Crippen molar-refractivity contribution in [2.45, 2.75) is 25.1 Å². The Morgan fingerprint density at radius 2 is 1.94 bits per heavy atom. The average Bonchev–Trinajstić information content (AvgIpc) is 2.68. The third-order valence-electron chi connectivity index (χ3n) is 2.75. The number of hydrogen-bond donors (Lipinski definition) is 1. The molecule has 2 rings (SSSR count). The molecular formula is C11H12ClF4N. The molecule has 1 saturated heterocycles. The van der Waals surface area contributed by atoms with Gasteiger partial charge in [-0.15, -0.1) is 12.4 Å². The van der Waals surface area contributed by atoms with E-state index in [9.17, 15) is 17.6 Å². The second-order valence-electron chi connectivity index (χ2n) is 3.88. The Labute approximate surface area is 103 Å². The molecular weight excluding hydrogens is 258 g/mol. The monoisotopic (exact) mass is 269 g/mol. The molecule has 0 spiro atoms. The topological polar surface area (TPSA) is 12.0 Å². The quantitative estimate of drug-likeness (QED) is 0.767. The molecule has 1 atom stereocenters. The molecule has 0 aliphatic carbocycles. The molecule has 0 radical (unpaired) electrons. The van der Waals surface area contributed by atoms with Crippen LogP contribution in [0.5, 0.6) is 0 Å². The van der Waals surface area contributed by atoms with Crippen LogP contribution < -0.4 is 5.32 Å². The number of rotatable bonds is 1. The van der Waals surface area contributed by atoms with Crippen molar-refractivity contribution in [3.8, 4) is 0 Å². The van der Waals surface area contributed by atoms with Gasteiger partial charge in [0.05, 0.1) is 5.56 Å². The molecule has 0 amide bonds. The summed E-state index contributed by atoms with van der Waals surface area (Å²) >= 11 is 0. The van der Waals surface area contributed by atoms with Gasteiger partial charge in [-0.3, -0.25) is 0 Å². The van der Waals surface area contributed by atoms with Gasteiger partial charge in [0.25, 0.3) is 0 Å². The maximum absolute atomic E-state index is 13.0. The number of nitrogens with one attached hydrogen (secondary N) is 1. The predicted octanol–water partition coefficient (Wildman–Crippen LogP) is 3.69. The molecule has 0 unspecified atom stereocenters. The Balaban J connectivity index is 0.00000144. The Morgan fingerprint density at radius 3 is 2.47 bits per heavy atom. The minimum Gasteiger partial charge on any atom is -0.310 e. The fourth-order valence-electron chi connectivity index (χ4n) is 2.03. The van der Waals surface area contributed by atoms with Crippen LogP contribution in [0.4, 0.5) is 17.6 Å². The Bertz CT molecular complexity index is 386. The van der Waals surface area contributed by atoms with Gasteiger partial charge in [-0.05, 0) is 43.1 Å². The van der Waals surface area contributed by atoms with E-state index in [-0.39, 0.29) is 24.0 Å². The first-order chi connectivity index (χ1) is 7.48. The first kappa shape index (κ1) is 14.3. The molecule has 1 aromatic rings. The van der Waals surface area contributed by atoms with Crippen LogP contribution in [-0.4, -0.2) is 6.54 Å². The Kier molecular flexibility index (Phi) is 4.38. The number of halogens is 5. The number of alkyl halides is 3. The second kappa shape index (κ2) is 5.23. The van der Waals surface area contributed by atoms with E-state index >= 15 is 0 Å². The van der Waals surface area contributed by atoms with Gasteiger partial charge < -0.3 is 5.32 Å². The predicted molar refractivity (Wildman–Crippen MR) is 58.6 cm³/mol. The van der Waals surface area contributed by atoms with Crippen LogP contribution in [0.1, 0.15) is 30.0 Å². The van der Waals surface area contributed by atoms with Gasteiger partial charge in [-0.2, -0.15) is 13.2 Å². The number of hydrogen-bond acceptors (Lipinski definition) is 1. The van der Waals surface area contributed by atoms with E-state index in [1.807, 2.05) is 0 Å². The summed E-state index contributed by atoms with van der Waals surface area (Å²) in [5.41, 5.74) is -0.724. The standard InChI is InChI=1S/C11H11F4N.ClH/c12-7-3-4-9(11(13,14)15)8(6-7)10-2-1-5-16-10;/h3-4,6,10,16H,1-2,5H2;1H/t10-;/m0./s1. The van der Waals surface area contributed by atoms with Crippen molar-refractivity contribution in [3.63, 3.8) is 0 Å². The molecule has 1 fully saturated rings. The minimum atomic E-state index is -4.42. The average molecular weight is 270 g/mol. The van der Waals surface area contributed by atoms with Gasteiger partial charge >= 0.3 is 6.18 Å². The van der Waals surface area contributed by atoms with E-state index in [4.69, 9.17) is 0 Å². The van der Waals surface area contributed by atoms with Gasteiger partial charge in [-0.25, -0.2) is 4.39 Å². The molecule has 17 heavy (non-hydrogen) atoms. The van der Waals surface area contributed by atoms with Crippen molar-refractivity contribution < 1.29 is 17.6 Å². The molecule has 0 bridgehead atoms. The van der Waals surface area contributed by atoms with E-state index in [0.717, 1.165) is 24.6 Å². The van der Waals surface area contributed by atoms with Crippen LogP contribution in [0.2, 0.25) is 0 Å². The van der Waals surface area contributed by atoms with Crippen molar-refractivity contribution in [1.29, 1.82) is 0 Å². The molecule has 6 heteroatoms. The van der Waals surface area contributed by atoms with E-state index in [2.05, 4.69) is 5.32 Å². The van der Waals surface area contributed by atoms with E-state index in [1.54, 1.807) is 0 Å². The molecule has 1 heterocycles. The molecule has 1 aromatic carbocycles. The van der Waals surface area contributed by atoms with Crippen LogP contribution in [0.15, 0.2) is 18.2 Å². The lowest BCUT2D eigenvalue weighted by Gasteiger charge is -2.17. The van der Waals surface area contributed by atoms with Crippen molar-refractivity contribution in [1.82, 2.24) is 5.32 Å². The van der Waals surface area contributed by atoms with Crippen LogP contribution in [0.25, 0.3) is 0 Å².